The maximum absolute atomic E-state index is 12.6. The first-order chi connectivity index (χ1) is 9.16. The third kappa shape index (κ3) is 1.18. The smallest absolute Gasteiger partial charge is 0.279 e. The van der Waals surface area contributed by atoms with Crippen molar-refractivity contribution in [2.24, 2.45) is 0 Å². The molecule has 0 saturated carbocycles. The Labute approximate surface area is 108 Å². The Hall–Kier alpha value is -2.62. The van der Waals surface area contributed by atoms with Gasteiger partial charge >= 0.3 is 0 Å². The van der Waals surface area contributed by atoms with Gasteiger partial charge in [-0.2, -0.15) is 0 Å². The van der Waals surface area contributed by atoms with Gasteiger partial charge in [0.2, 0.25) is 0 Å². The van der Waals surface area contributed by atoms with E-state index < -0.39 is 0 Å². The van der Waals surface area contributed by atoms with Gasteiger partial charge in [0.05, 0.1) is 11.3 Å². The molecule has 0 spiro atoms. The Bertz CT molecular complexity index is 916. The van der Waals surface area contributed by atoms with Gasteiger partial charge in [0.25, 0.3) is 5.91 Å². The molecule has 4 nitrogen and oxygen atoms in total. The highest BCUT2D eigenvalue weighted by molar-refractivity contribution is 6.09. The minimum atomic E-state index is -0.172. The van der Waals surface area contributed by atoms with Crippen LogP contribution in [0.2, 0.25) is 0 Å². The maximum Gasteiger partial charge on any atom is 0.279 e. The quantitative estimate of drug-likeness (QED) is 0.520. The summed E-state index contributed by atoms with van der Waals surface area (Å²) in [6.45, 7) is 1.94. The van der Waals surface area contributed by atoms with Crippen LogP contribution < -0.4 is 5.43 Å². The normalized spacial score (nSPS) is 12.8. The molecule has 1 aromatic carbocycles. The number of aromatic amines is 1. The summed E-state index contributed by atoms with van der Waals surface area (Å²) < 4.78 is 1.51. The number of hydrogen-bond donors (Lipinski definition) is 1. The van der Waals surface area contributed by atoms with E-state index in [1.165, 1.54) is 4.57 Å². The number of hydrogen-bond acceptors (Lipinski definition) is 2. The summed E-state index contributed by atoms with van der Waals surface area (Å²) in [5, 5.41) is 0.626. The van der Waals surface area contributed by atoms with Gasteiger partial charge < -0.3 is 4.98 Å². The molecule has 0 atom stereocenters. The number of nitrogens with zero attached hydrogens (tertiary/aromatic N) is 1. The van der Waals surface area contributed by atoms with Crippen molar-refractivity contribution in [3.8, 4) is 11.3 Å². The molecule has 0 bridgehead atoms. The van der Waals surface area contributed by atoms with Crippen molar-refractivity contribution in [3.05, 3.63) is 58.0 Å². The third-order valence-corrected chi connectivity index (χ3v) is 3.59. The van der Waals surface area contributed by atoms with Crippen molar-refractivity contribution >= 4 is 16.8 Å². The fraction of sp³-hybridized carbons (Fsp3) is 0.0667. The first-order valence-electron chi connectivity index (χ1n) is 6.06. The lowest BCUT2D eigenvalue weighted by atomic mass is 10.1. The molecule has 0 fully saturated rings. The highest BCUT2D eigenvalue weighted by Crippen LogP contribution is 2.29. The van der Waals surface area contributed by atoms with E-state index in [1.807, 2.05) is 25.1 Å². The topological polar surface area (TPSA) is 54.9 Å². The molecule has 1 aliphatic rings. The number of carbonyl (C=O) groups is 1. The summed E-state index contributed by atoms with van der Waals surface area (Å²) in [4.78, 5) is 27.9. The maximum atomic E-state index is 12.6. The molecule has 0 unspecified atom stereocenters. The standard InChI is InChI=1S/C15H10N2O2/c1-8-4-5-10-9(7-8)14(18)12-11-3-2-6-17(11)15(19)13(12)16-10/h2-7H,1H3,(H,16,18). The number of nitrogens with one attached hydrogen (secondary N) is 1. The minimum absolute atomic E-state index is 0.0850. The monoisotopic (exact) mass is 250 g/mol. The SMILES string of the molecule is Cc1ccc2[nH]c3c(c(=O)c2c1)-c1cccn1C3=O. The van der Waals surface area contributed by atoms with E-state index in [9.17, 15) is 9.59 Å². The molecule has 0 radical (unpaired) electrons. The van der Waals surface area contributed by atoms with Gasteiger partial charge in [-0.25, -0.2) is 0 Å². The van der Waals surface area contributed by atoms with Crippen LogP contribution in [0.5, 0.6) is 0 Å². The first-order valence-corrected chi connectivity index (χ1v) is 6.06. The van der Waals surface area contributed by atoms with Gasteiger partial charge in [0, 0.05) is 17.1 Å². The summed E-state index contributed by atoms with van der Waals surface area (Å²) in [6, 6.07) is 9.18. The molecule has 19 heavy (non-hydrogen) atoms. The molecule has 3 aromatic rings. The van der Waals surface area contributed by atoms with E-state index >= 15 is 0 Å². The zero-order valence-electron chi connectivity index (χ0n) is 10.2. The largest absolute Gasteiger partial charge is 0.350 e. The van der Waals surface area contributed by atoms with E-state index in [-0.39, 0.29) is 11.3 Å². The van der Waals surface area contributed by atoms with Crippen LogP contribution in [0.4, 0.5) is 0 Å². The summed E-state index contributed by atoms with van der Waals surface area (Å²) in [7, 11) is 0. The van der Waals surface area contributed by atoms with E-state index in [0.29, 0.717) is 27.9 Å². The van der Waals surface area contributed by atoms with Gasteiger partial charge in [-0.05, 0) is 31.2 Å². The van der Waals surface area contributed by atoms with Crippen molar-refractivity contribution in [1.29, 1.82) is 0 Å². The Morgan fingerprint density at radius 2 is 2.00 bits per heavy atom. The Morgan fingerprint density at radius 3 is 2.84 bits per heavy atom. The Balaban J connectivity index is 2.23. The fourth-order valence-electron chi connectivity index (χ4n) is 2.69. The number of benzene rings is 1. The molecule has 4 heteroatoms. The van der Waals surface area contributed by atoms with Crippen LogP contribution in [0.1, 0.15) is 16.1 Å². The molecular formula is C15H10N2O2. The van der Waals surface area contributed by atoms with Crippen LogP contribution >= 0.6 is 0 Å². The van der Waals surface area contributed by atoms with E-state index in [4.69, 9.17) is 0 Å². The second-order valence-corrected chi connectivity index (χ2v) is 4.82. The van der Waals surface area contributed by atoms with Crippen LogP contribution in [0.3, 0.4) is 0 Å². The number of carbonyl (C=O) groups excluding carboxylic acids is 1. The molecule has 0 aliphatic carbocycles. The third-order valence-electron chi connectivity index (χ3n) is 3.59. The van der Waals surface area contributed by atoms with Crippen LogP contribution in [-0.2, 0) is 0 Å². The molecule has 0 amide bonds. The highest BCUT2D eigenvalue weighted by atomic mass is 16.2. The van der Waals surface area contributed by atoms with E-state index in [0.717, 1.165) is 5.56 Å². The summed E-state index contributed by atoms with van der Waals surface area (Å²) in [5.41, 5.74) is 3.18. The summed E-state index contributed by atoms with van der Waals surface area (Å²) in [5.74, 6) is -0.172. The molecule has 4 rings (SSSR count). The van der Waals surface area contributed by atoms with Crippen LogP contribution in [-0.4, -0.2) is 15.5 Å². The number of H-pyrrole nitrogens is 1. The second kappa shape index (κ2) is 3.23. The van der Waals surface area contributed by atoms with Gasteiger partial charge in [-0.15, -0.1) is 0 Å². The van der Waals surface area contributed by atoms with Crippen molar-refractivity contribution < 1.29 is 4.79 Å². The van der Waals surface area contributed by atoms with Gasteiger partial charge in [0.1, 0.15) is 5.69 Å². The average molecular weight is 250 g/mol. The second-order valence-electron chi connectivity index (χ2n) is 4.82. The summed E-state index contributed by atoms with van der Waals surface area (Å²) in [6.07, 6.45) is 1.68. The predicted molar refractivity (Wildman–Crippen MR) is 72.5 cm³/mol. The number of aryl methyl sites for hydroxylation is 1. The van der Waals surface area contributed by atoms with Crippen molar-refractivity contribution in [3.63, 3.8) is 0 Å². The van der Waals surface area contributed by atoms with Gasteiger partial charge in [-0.3, -0.25) is 14.2 Å². The van der Waals surface area contributed by atoms with Crippen LogP contribution in [0, 0.1) is 6.92 Å². The lowest BCUT2D eigenvalue weighted by molar-refractivity contribution is 0.0965. The number of aromatic nitrogens is 2. The van der Waals surface area contributed by atoms with E-state index in [1.54, 1.807) is 18.3 Å². The van der Waals surface area contributed by atoms with Gasteiger partial charge in [0.15, 0.2) is 5.43 Å². The van der Waals surface area contributed by atoms with Gasteiger partial charge in [-0.1, -0.05) is 11.6 Å². The molecule has 92 valence electrons. The Kier molecular flexibility index (Phi) is 1.75. The lowest BCUT2D eigenvalue weighted by Gasteiger charge is -2.03. The van der Waals surface area contributed by atoms with E-state index in [2.05, 4.69) is 4.98 Å². The molecule has 0 saturated heterocycles. The zero-order chi connectivity index (χ0) is 13.1. The van der Waals surface area contributed by atoms with Crippen LogP contribution in [0.25, 0.3) is 22.2 Å². The number of pyridine rings is 1. The molecular weight excluding hydrogens is 240 g/mol. The number of rotatable bonds is 0. The van der Waals surface area contributed by atoms with Crippen molar-refractivity contribution in [2.75, 3.05) is 0 Å². The highest BCUT2D eigenvalue weighted by Gasteiger charge is 2.29. The first kappa shape index (κ1) is 10.3. The van der Waals surface area contributed by atoms with Crippen LogP contribution in [0.15, 0.2) is 41.3 Å². The van der Waals surface area contributed by atoms with Crippen molar-refractivity contribution in [1.82, 2.24) is 9.55 Å². The molecule has 2 aromatic heterocycles. The predicted octanol–water partition coefficient (Wildman–Crippen LogP) is 2.31. The molecule has 3 heterocycles. The molecule has 1 aliphatic heterocycles. The minimum Gasteiger partial charge on any atom is -0.350 e. The van der Waals surface area contributed by atoms with Crippen molar-refractivity contribution in [2.45, 2.75) is 6.92 Å². The Morgan fingerprint density at radius 1 is 1.16 bits per heavy atom. The summed E-state index contributed by atoms with van der Waals surface area (Å²) >= 11 is 0. The average Bonchev–Trinajstić information content (AvgIpc) is 2.95. The molecule has 1 N–H and O–H groups in total. The fourth-order valence-corrected chi connectivity index (χ4v) is 2.69. The zero-order valence-corrected chi connectivity index (χ0v) is 10.2. The number of fused-ring (bicyclic) bond motifs is 4. The lowest BCUT2D eigenvalue weighted by Crippen LogP contribution is -2.11.